The van der Waals surface area contributed by atoms with Crippen molar-refractivity contribution < 1.29 is 14.7 Å². The lowest BCUT2D eigenvalue weighted by molar-refractivity contribution is -0.0800. The fourth-order valence-electron chi connectivity index (χ4n) is 4.65. The summed E-state index contributed by atoms with van der Waals surface area (Å²) in [6, 6.07) is 9.56. The minimum atomic E-state index is -1.01. The molecule has 1 saturated heterocycles. The van der Waals surface area contributed by atoms with Crippen LogP contribution in [0.3, 0.4) is 0 Å². The second-order valence-corrected chi connectivity index (χ2v) is 10.5. The zero-order valence-corrected chi connectivity index (χ0v) is 21.3. The predicted octanol–water partition coefficient (Wildman–Crippen LogP) is 4.09. The summed E-state index contributed by atoms with van der Waals surface area (Å²) in [5, 5.41) is 14.7. The summed E-state index contributed by atoms with van der Waals surface area (Å²) in [4.78, 5) is 21.2. The molecule has 3 aromatic heterocycles. The summed E-state index contributed by atoms with van der Waals surface area (Å²) < 4.78 is 6.26. The highest BCUT2D eigenvalue weighted by molar-refractivity contribution is 6.30. The average molecular weight is 508 g/mol. The highest BCUT2D eigenvalue weighted by Crippen LogP contribution is 2.43. The third-order valence-electron chi connectivity index (χ3n) is 6.59. The third-order valence-corrected chi connectivity index (χ3v) is 6.81. The number of rotatable bonds is 7. The van der Waals surface area contributed by atoms with Crippen molar-refractivity contribution in [3.05, 3.63) is 88.2 Å². The standard InChI is InChI=1S/C27H30ClN5O3/c1-26(2,34)18-36-32-25(24-6-4-21(28)14-31-24)23-5-3-19(13-30-23)16-33-11-8-27(9-12-33)22-15-29-10-7-20(22)17-35-27/h3-7,10,13-15,34H,8-9,11-12,16-18H2,1-2H3. The number of fused-ring (bicyclic) bond motifs is 2. The van der Waals surface area contributed by atoms with Crippen molar-refractivity contribution in [3.63, 3.8) is 0 Å². The van der Waals surface area contributed by atoms with Gasteiger partial charge in [0.1, 0.15) is 6.61 Å². The van der Waals surface area contributed by atoms with Crippen molar-refractivity contribution in [2.45, 2.75) is 51.0 Å². The first kappa shape index (κ1) is 24.8. The molecule has 188 valence electrons. The van der Waals surface area contributed by atoms with Gasteiger partial charge in [0.2, 0.25) is 0 Å². The van der Waals surface area contributed by atoms with Crippen molar-refractivity contribution in [2.75, 3.05) is 19.7 Å². The van der Waals surface area contributed by atoms with E-state index >= 15 is 0 Å². The first-order valence-corrected chi connectivity index (χ1v) is 12.5. The first-order chi connectivity index (χ1) is 17.3. The molecule has 0 bridgehead atoms. The van der Waals surface area contributed by atoms with E-state index < -0.39 is 5.60 Å². The molecule has 0 unspecified atom stereocenters. The lowest BCUT2D eigenvalue weighted by atomic mass is 9.84. The van der Waals surface area contributed by atoms with Gasteiger partial charge in [-0.05, 0) is 62.1 Å². The van der Waals surface area contributed by atoms with Crippen LogP contribution in [0.1, 0.15) is 54.8 Å². The van der Waals surface area contributed by atoms with Crippen molar-refractivity contribution in [1.82, 2.24) is 19.9 Å². The van der Waals surface area contributed by atoms with Gasteiger partial charge < -0.3 is 14.7 Å². The first-order valence-electron chi connectivity index (χ1n) is 12.1. The normalized spacial score (nSPS) is 17.8. The number of oxime groups is 1. The van der Waals surface area contributed by atoms with Crippen LogP contribution in [-0.4, -0.2) is 56.0 Å². The quantitative estimate of drug-likeness (QED) is 0.380. The maximum atomic E-state index is 9.96. The van der Waals surface area contributed by atoms with E-state index in [0.717, 1.165) is 38.0 Å². The molecule has 0 atom stereocenters. The molecule has 36 heavy (non-hydrogen) atoms. The maximum absolute atomic E-state index is 9.96. The van der Waals surface area contributed by atoms with Crippen molar-refractivity contribution >= 4 is 17.3 Å². The van der Waals surface area contributed by atoms with Crippen LogP contribution in [-0.2, 0) is 28.3 Å². The van der Waals surface area contributed by atoms with E-state index in [9.17, 15) is 5.11 Å². The molecule has 3 aromatic rings. The van der Waals surface area contributed by atoms with Gasteiger partial charge in [-0.3, -0.25) is 19.9 Å². The van der Waals surface area contributed by atoms with E-state index in [1.165, 1.54) is 11.1 Å². The lowest BCUT2D eigenvalue weighted by Crippen LogP contribution is -2.42. The van der Waals surface area contributed by atoms with Crippen LogP contribution in [0, 0.1) is 0 Å². The second-order valence-electron chi connectivity index (χ2n) is 10.0. The molecule has 0 aromatic carbocycles. The molecule has 5 rings (SSSR count). The minimum Gasteiger partial charge on any atom is -0.392 e. The van der Waals surface area contributed by atoms with Gasteiger partial charge in [-0.2, -0.15) is 0 Å². The number of ether oxygens (including phenoxy) is 1. The van der Waals surface area contributed by atoms with E-state index in [-0.39, 0.29) is 12.2 Å². The Bertz CT molecular complexity index is 1220. The molecular weight excluding hydrogens is 478 g/mol. The summed E-state index contributed by atoms with van der Waals surface area (Å²) in [5.74, 6) is 0. The number of nitrogens with zero attached hydrogens (tertiary/aromatic N) is 5. The molecular formula is C27H30ClN5O3. The summed E-state index contributed by atoms with van der Waals surface area (Å²) in [7, 11) is 0. The molecule has 0 aliphatic carbocycles. The van der Waals surface area contributed by atoms with Gasteiger partial charge in [-0.25, -0.2) is 0 Å². The number of piperidine rings is 1. The van der Waals surface area contributed by atoms with E-state index in [0.29, 0.717) is 28.7 Å². The molecule has 0 amide bonds. The molecule has 1 N–H and O–H groups in total. The van der Waals surface area contributed by atoms with Gasteiger partial charge in [-0.15, -0.1) is 0 Å². The molecule has 2 aliphatic rings. The van der Waals surface area contributed by atoms with Crippen molar-refractivity contribution in [3.8, 4) is 0 Å². The number of aliphatic hydroxyl groups is 1. The Hall–Kier alpha value is -2.91. The molecule has 1 spiro atoms. The summed E-state index contributed by atoms with van der Waals surface area (Å²) in [6.07, 6.45) is 9.14. The van der Waals surface area contributed by atoms with Crippen molar-refractivity contribution in [1.29, 1.82) is 0 Å². The average Bonchev–Trinajstić information content (AvgIpc) is 3.22. The Kier molecular flexibility index (Phi) is 7.03. The number of aromatic nitrogens is 3. The number of hydrogen-bond acceptors (Lipinski definition) is 8. The number of halogens is 1. The summed E-state index contributed by atoms with van der Waals surface area (Å²) in [5.41, 5.74) is 4.13. The van der Waals surface area contributed by atoms with Gasteiger partial charge in [0.25, 0.3) is 0 Å². The summed E-state index contributed by atoms with van der Waals surface area (Å²) in [6.45, 7) is 6.74. The Labute approximate surface area is 216 Å². The Morgan fingerprint density at radius 3 is 2.53 bits per heavy atom. The van der Waals surface area contributed by atoms with Gasteiger partial charge in [0.05, 0.1) is 34.2 Å². The maximum Gasteiger partial charge on any atom is 0.154 e. The molecule has 9 heteroatoms. The van der Waals surface area contributed by atoms with E-state index in [2.05, 4.69) is 37.1 Å². The second kappa shape index (κ2) is 10.2. The Morgan fingerprint density at radius 1 is 1.11 bits per heavy atom. The van der Waals surface area contributed by atoms with Crippen LogP contribution in [0.5, 0.6) is 0 Å². The van der Waals surface area contributed by atoms with E-state index in [1.54, 1.807) is 32.2 Å². The van der Waals surface area contributed by atoms with Crippen LogP contribution in [0.15, 0.2) is 60.3 Å². The molecule has 8 nitrogen and oxygen atoms in total. The van der Waals surface area contributed by atoms with E-state index in [4.69, 9.17) is 21.2 Å². The summed E-state index contributed by atoms with van der Waals surface area (Å²) >= 11 is 6.01. The number of hydrogen-bond donors (Lipinski definition) is 1. The van der Waals surface area contributed by atoms with Gasteiger partial charge in [0.15, 0.2) is 5.71 Å². The Morgan fingerprint density at radius 2 is 1.86 bits per heavy atom. The number of pyridine rings is 3. The molecule has 2 aliphatic heterocycles. The topological polar surface area (TPSA) is 93.0 Å². The van der Waals surface area contributed by atoms with Crippen molar-refractivity contribution in [2.24, 2.45) is 5.16 Å². The molecule has 1 fully saturated rings. The Balaban J connectivity index is 1.26. The molecule has 0 saturated carbocycles. The SMILES string of the molecule is CC(C)(O)CON=C(c1ccc(Cl)cn1)c1ccc(CN2CCC3(CC2)OCc2ccncc23)cn1. The largest absolute Gasteiger partial charge is 0.392 e. The highest BCUT2D eigenvalue weighted by Gasteiger charge is 2.42. The minimum absolute atomic E-state index is 0.0445. The fourth-order valence-corrected chi connectivity index (χ4v) is 4.76. The van der Waals surface area contributed by atoms with Crippen LogP contribution in [0.25, 0.3) is 0 Å². The van der Waals surface area contributed by atoms with Gasteiger partial charge >= 0.3 is 0 Å². The zero-order valence-electron chi connectivity index (χ0n) is 20.5. The lowest BCUT2D eigenvalue weighted by Gasteiger charge is -2.39. The van der Waals surface area contributed by atoms with Gasteiger partial charge in [-0.1, -0.05) is 22.8 Å². The van der Waals surface area contributed by atoms with Crippen LogP contribution < -0.4 is 0 Å². The smallest absolute Gasteiger partial charge is 0.154 e. The van der Waals surface area contributed by atoms with Crippen LogP contribution >= 0.6 is 11.6 Å². The highest BCUT2D eigenvalue weighted by atomic mass is 35.5. The molecule has 0 radical (unpaired) electrons. The number of likely N-dealkylation sites (tertiary alicyclic amines) is 1. The van der Waals surface area contributed by atoms with Gasteiger partial charge in [0, 0.05) is 50.0 Å². The van der Waals surface area contributed by atoms with Crippen LogP contribution in [0.2, 0.25) is 5.02 Å². The monoisotopic (exact) mass is 507 g/mol. The predicted molar refractivity (Wildman–Crippen MR) is 137 cm³/mol. The van der Waals surface area contributed by atoms with E-state index in [1.807, 2.05) is 24.7 Å². The van der Waals surface area contributed by atoms with Crippen LogP contribution in [0.4, 0.5) is 0 Å². The molecule has 5 heterocycles. The zero-order chi connectivity index (χ0) is 25.2. The third kappa shape index (κ3) is 5.57. The fraction of sp³-hybridized carbons (Fsp3) is 0.407.